The van der Waals surface area contributed by atoms with Gasteiger partial charge in [0.15, 0.2) is 0 Å². The van der Waals surface area contributed by atoms with Crippen LogP contribution in [0.1, 0.15) is 65.7 Å². The molecule has 4 nitrogen and oxygen atoms in total. The molecule has 4 heteroatoms. The van der Waals surface area contributed by atoms with Gasteiger partial charge in [0.05, 0.1) is 6.10 Å². The zero-order valence-electron chi connectivity index (χ0n) is 16.5. The van der Waals surface area contributed by atoms with Crippen LogP contribution < -0.4 is 0 Å². The molecule has 1 aliphatic heterocycles. The summed E-state index contributed by atoms with van der Waals surface area (Å²) in [4.78, 5) is 16.9. The number of hydrogen-bond donors (Lipinski definition) is 0. The van der Waals surface area contributed by atoms with Crippen LogP contribution in [0.25, 0.3) is 0 Å². The van der Waals surface area contributed by atoms with Crippen molar-refractivity contribution in [1.29, 1.82) is 0 Å². The van der Waals surface area contributed by atoms with Crippen molar-refractivity contribution in [2.24, 2.45) is 17.3 Å². The van der Waals surface area contributed by atoms with E-state index < -0.39 is 0 Å². The van der Waals surface area contributed by atoms with Gasteiger partial charge in [-0.15, -0.1) is 0 Å². The molecule has 2 fully saturated rings. The van der Waals surface area contributed by atoms with Crippen LogP contribution in [0, 0.1) is 17.3 Å². The minimum atomic E-state index is 0.238. The van der Waals surface area contributed by atoms with E-state index >= 15 is 0 Å². The maximum atomic E-state index is 12.8. The quantitative estimate of drug-likeness (QED) is 0.761. The number of carbonyl (C=O) groups excluding carboxylic acids is 1. The Kier molecular flexibility index (Phi) is 6.97. The summed E-state index contributed by atoms with van der Waals surface area (Å²) in [6, 6.07) is 0.238. The molecule has 1 saturated carbocycles. The molecule has 2 aliphatic rings. The number of rotatable bonds is 4. The lowest BCUT2D eigenvalue weighted by Gasteiger charge is -2.38. The molecule has 0 radical (unpaired) electrons. The van der Waals surface area contributed by atoms with Crippen LogP contribution in [0.5, 0.6) is 0 Å². The molecule has 1 heterocycles. The highest BCUT2D eigenvalue weighted by Gasteiger charge is 2.30. The molecule has 1 aliphatic carbocycles. The highest BCUT2D eigenvalue weighted by atomic mass is 16.5. The Morgan fingerprint density at radius 3 is 2.38 bits per heavy atom. The number of urea groups is 1. The van der Waals surface area contributed by atoms with Crippen molar-refractivity contribution < 1.29 is 9.53 Å². The minimum Gasteiger partial charge on any atom is -0.381 e. The third-order valence-corrected chi connectivity index (χ3v) is 5.68. The van der Waals surface area contributed by atoms with Crippen molar-refractivity contribution >= 4 is 6.03 Å². The standard InChI is InChI=1S/C20H38N2O2/c1-20(2,3)13-17-7-6-12-22(15-17)19(23)21(4)14-16-8-10-18(24-5)11-9-16/h16-18H,6-15H2,1-5H3. The van der Waals surface area contributed by atoms with E-state index in [9.17, 15) is 4.79 Å². The van der Waals surface area contributed by atoms with Crippen molar-refractivity contribution in [1.82, 2.24) is 9.80 Å². The largest absolute Gasteiger partial charge is 0.381 e. The molecular weight excluding hydrogens is 300 g/mol. The van der Waals surface area contributed by atoms with E-state index in [4.69, 9.17) is 4.74 Å². The zero-order valence-corrected chi connectivity index (χ0v) is 16.5. The Balaban J connectivity index is 1.79. The first-order valence-corrected chi connectivity index (χ1v) is 9.81. The number of hydrogen-bond acceptors (Lipinski definition) is 2. The highest BCUT2D eigenvalue weighted by molar-refractivity contribution is 5.74. The molecule has 24 heavy (non-hydrogen) atoms. The maximum absolute atomic E-state index is 12.8. The molecule has 0 N–H and O–H groups in total. The number of methoxy groups -OCH3 is 1. The molecule has 0 aromatic rings. The number of carbonyl (C=O) groups is 1. The molecule has 0 aromatic carbocycles. The number of piperidine rings is 1. The second-order valence-corrected chi connectivity index (χ2v) is 9.26. The lowest BCUT2D eigenvalue weighted by atomic mass is 9.81. The van der Waals surface area contributed by atoms with Crippen LogP contribution in [0.15, 0.2) is 0 Å². The molecule has 0 aromatic heterocycles. The van der Waals surface area contributed by atoms with Crippen LogP contribution >= 0.6 is 0 Å². The summed E-state index contributed by atoms with van der Waals surface area (Å²) >= 11 is 0. The smallest absolute Gasteiger partial charge is 0.319 e. The van der Waals surface area contributed by atoms with E-state index in [2.05, 4.69) is 25.7 Å². The fourth-order valence-corrected chi connectivity index (χ4v) is 4.53. The molecule has 1 saturated heterocycles. The number of ether oxygens (including phenoxy) is 1. The predicted molar refractivity (Wildman–Crippen MR) is 99.2 cm³/mol. The van der Waals surface area contributed by atoms with Gasteiger partial charge in [0, 0.05) is 33.8 Å². The number of likely N-dealkylation sites (tertiary alicyclic amines) is 1. The van der Waals surface area contributed by atoms with Crippen LogP contribution in [0.3, 0.4) is 0 Å². The van der Waals surface area contributed by atoms with Crippen molar-refractivity contribution in [3.05, 3.63) is 0 Å². The summed E-state index contributed by atoms with van der Waals surface area (Å²) in [6.45, 7) is 9.68. The normalized spacial score (nSPS) is 28.7. The van der Waals surface area contributed by atoms with Crippen molar-refractivity contribution in [3.8, 4) is 0 Å². The average Bonchev–Trinajstić information content (AvgIpc) is 2.53. The first kappa shape index (κ1) is 19.6. The summed E-state index contributed by atoms with van der Waals surface area (Å²) < 4.78 is 5.45. The van der Waals surface area contributed by atoms with Gasteiger partial charge >= 0.3 is 6.03 Å². The summed E-state index contributed by atoms with van der Waals surface area (Å²) in [7, 11) is 3.79. The fourth-order valence-electron chi connectivity index (χ4n) is 4.53. The predicted octanol–water partition coefficient (Wildman–Crippen LogP) is 4.39. The van der Waals surface area contributed by atoms with E-state index in [0.29, 0.717) is 23.4 Å². The molecule has 1 atom stereocenters. The summed E-state index contributed by atoms with van der Waals surface area (Å²) in [5, 5.41) is 0. The Morgan fingerprint density at radius 2 is 1.79 bits per heavy atom. The molecule has 1 unspecified atom stereocenters. The Bertz CT molecular complexity index is 397. The lowest BCUT2D eigenvalue weighted by molar-refractivity contribution is 0.0510. The molecular formula is C20H38N2O2. The van der Waals surface area contributed by atoms with Crippen LogP contribution in [0.4, 0.5) is 4.79 Å². The second kappa shape index (κ2) is 8.55. The van der Waals surface area contributed by atoms with E-state index in [1.807, 2.05) is 19.1 Å². The molecule has 2 amide bonds. The van der Waals surface area contributed by atoms with Gasteiger partial charge in [0.25, 0.3) is 0 Å². The van der Waals surface area contributed by atoms with Crippen LogP contribution in [-0.4, -0.2) is 55.7 Å². The summed E-state index contributed by atoms with van der Waals surface area (Å²) in [6.07, 6.45) is 8.71. The van der Waals surface area contributed by atoms with Gasteiger partial charge in [-0.25, -0.2) is 4.79 Å². The van der Waals surface area contributed by atoms with Crippen molar-refractivity contribution in [3.63, 3.8) is 0 Å². The van der Waals surface area contributed by atoms with Gasteiger partial charge < -0.3 is 14.5 Å². The average molecular weight is 339 g/mol. The summed E-state index contributed by atoms with van der Waals surface area (Å²) in [5.74, 6) is 1.30. The van der Waals surface area contributed by atoms with Gasteiger partial charge in [-0.2, -0.15) is 0 Å². The van der Waals surface area contributed by atoms with E-state index in [0.717, 1.165) is 38.9 Å². The van der Waals surface area contributed by atoms with E-state index in [1.165, 1.54) is 25.7 Å². The van der Waals surface area contributed by atoms with Crippen LogP contribution in [0.2, 0.25) is 0 Å². The van der Waals surface area contributed by atoms with Crippen molar-refractivity contribution in [2.75, 3.05) is 33.8 Å². The highest BCUT2D eigenvalue weighted by Crippen LogP contribution is 2.31. The third kappa shape index (κ3) is 5.94. The topological polar surface area (TPSA) is 32.8 Å². The van der Waals surface area contributed by atoms with Crippen LogP contribution in [-0.2, 0) is 4.74 Å². The monoisotopic (exact) mass is 338 g/mol. The van der Waals surface area contributed by atoms with Crippen molar-refractivity contribution in [2.45, 2.75) is 71.8 Å². The zero-order chi connectivity index (χ0) is 17.7. The van der Waals surface area contributed by atoms with Gasteiger partial charge in [-0.3, -0.25) is 0 Å². The Morgan fingerprint density at radius 1 is 1.12 bits per heavy atom. The molecule has 0 bridgehead atoms. The Hall–Kier alpha value is -0.770. The second-order valence-electron chi connectivity index (χ2n) is 9.26. The minimum absolute atomic E-state index is 0.238. The maximum Gasteiger partial charge on any atom is 0.319 e. The lowest BCUT2D eigenvalue weighted by Crippen LogP contribution is -2.48. The van der Waals surface area contributed by atoms with Gasteiger partial charge in [0.2, 0.25) is 0 Å². The molecule has 140 valence electrons. The van der Waals surface area contributed by atoms with E-state index in [1.54, 1.807) is 0 Å². The van der Waals surface area contributed by atoms with Gasteiger partial charge in [-0.05, 0) is 62.2 Å². The Labute approximate surface area is 148 Å². The number of amides is 2. The fraction of sp³-hybridized carbons (Fsp3) is 0.950. The molecule has 0 spiro atoms. The molecule has 2 rings (SSSR count). The van der Waals surface area contributed by atoms with Gasteiger partial charge in [-0.1, -0.05) is 20.8 Å². The first-order valence-electron chi connectivity index (χ1n) is 9.81. The SMILES string of the molecule is COC1CCC(CN(C)C(=O)N2CCCC(CC(C)(C)C)C2)CC1. The van der Waals surface area contributed by atoms with E-state index in [-0.39, 0.29) is 6.03 Å². The van der Waals surface area contributed by atoms with Gasteiger partial charge in [0.1, 0.15) is 0 Å². The summed E-state index contributed by atoms with van der Waals surface area (Å²) in [5.41, 5.74) is 0.350. The number of nitrogens with zero attached hydrogens (tertiary/aromatic N) is 2. The first-order chi connectivity index (χ1) is 11.3. The third-order valence-electron chi connectivity index (χ3n) is 5.68.